The van der Waals surface area contributed by atoms with Crippen molar-refractivity contribution in [1.29, 1.82) is 0 Å². The third-order valence-corrected chi connectivity index (χ3v) is 5.18. The second kappa shape index (κ2) is 8.67. The topological polar surface area (TPSA) is 67.2 Å². The first kappa shape index (κ1) is 18.8. The minimum Gasteiger partial charge on any atom is -0.267 e. The molecule has 0 saturated carbocycles. The predicted octanol–water partition coefficient (Wildman–Crippen LogP) is 4.78. The van der Waals surface area contributed by atoms with Gasteiger partial charge in [0.2, 0.25) is 0 Å². The molecule has 142 valence electrons. The lowest BCUT2D eigenvalue weighted by atomic mass is 10.0. The van der Waals surface area contributed by atoms with Crippen LogP contribution in [0.2, 0.25) is 0 Å². The van der Waals surface area contributed by atoms with Crippen molar-refractivity contribution >= 4 is 34.8 Å². The molecule has 0 aliphatic carbocycles. The van der Waals surface area contributed by atoms with Crippen molar-refractivity contribution in [3.05, 3.63) is 90.3 Å². The van der Waals surface area contributed by atoms with Gasteiger partial charge in [-0.05, 0) is 48.2 Å². The summed E-state index contributed by atoms with van der Waals surface area (Å²) in [7, 11) is 0. The van der Waals surface area contributed by atoms with Gasteiger partial charge in [0.25, 0.3) is 5.91 Å². The fourth-order valence-electron chi connectivity index (χ4n) is 2.95. The zero-order chi connectivity index (χ0) is 20.1. The molecule has 0 fully saturated rings. The van der Waals surface area contributed by atoms with Gasteiger partial charge in [-0.25, -0.2) is 10.4 Å². The van der Waals surface area contributed by atoms with Crippen LogP contribution in [0.5, 0.6) is 0 Å². The second-order valence-corrected chi connectivity index (χ2v) is 7.16. The minimum atomic E-state index is -0.282. The average molecular weight is 398 g/mol. The van der Waals surface area contributed by atoms with E-state index in [-0.39, 0.29) is 5.91 Å². The molecule has 1 N–H and O–H groups in total. The maximum atomic E-state index is 12.9. The predicted molar refractivity (Wildman–Crippen MR) is 118 cm³/mol. The number of aromatic nitrogens is 2. The van der Waals surface area contributed by atoms with Crippen molar-refractivity contribution in [2.24, 2.45) is 5.10 Å². The number of carbonyl (C=O) groups is 1. The minimum absolute atomic E-state index is 0.282. The lowest BCUT2D eigenvalue weighted by Gasteiger charge is -2.09. The molecule has 6 heteroatoms. The Balaban J connectivity index is 1.63. The number of nitrogens with zero attached hydrogens (tertiary/aromatic N) is 3. The Labute approximate surface area is 172 Å². The van der Waals surface area contributed by atoms with Crippen LogP contribution in [0.4, 0.5) is 0 Å². The molecule has 2 aromatic heterocycles. The van der Waals surface area contributed by atoms with Crippen LogP contribution in [-0.2, 0) is 0 Å². The van der Waals surface area contributed by atoms with Gasteiger partial charge in [-0.3, -0.25) is 9.78 Å². The molecule has 1 amide bonds. The fourth-order valence-corrected chi connectivity index (χ4v) is 3.36. The molecule has 2 heterocycles. The molecule has 0 unspecified atom stereocenters. The molecule has 0 aliphatic rings. The maximum Gasteiger partial charge on any atom is 0.272 e. The standard InChI is InChI=1S/C23H18N4OS/c1-29-18-8-6-16(7-9-18)15-25-27-23(28)20-14-22(17-10-12-24-13-11-17)26-21-5-3-2-4-19(20)21/h2-15H,1H3,(H,27,28)/b25-15+. The summed E-state index contributed by atoms with van der Waals surface area (Å²) in [5, 5.41) is 4.90. The van der Waals surface area contributed by atoms with Crippen LogP contribution in [-0.4, -0.2) is 28.3 Å². The number of benzene rings is 2. The van der Waals surface area contributed by atoms with Crippen LogP contribution < -0.4 is 5.43 Å². The van der Waals surface area contributed by atoms with E-state index in [1.807, 2.05) is 66.9 Å². The fraction of sp³-hybridized carbons (Fsp3) is 0.0435. The van der Waals surface area contributed by atoms with Crippen molar-refractivity contribution < 1.29 is 4.79 Å². The van der Waals surface area contributed by atoms with Gasteiger partial charge in [-0.2, -0.15) is 5.10 Å². The molecule has 2 aromatic carbocycles. The Bertz CT molecular complexity index is 1170. The molecular weight excluding hydrogens is 380 g/mol. The van der Waals surface area contributed by atoms with E-state index in [2.05, 4.69) is 20.5 Å². The average Bonchev–Trinajstić information content (AvgIpc) is 2.79. The summed E-state index contributed by atoms with van der Waals surface area (Å²) in [6.45, 7) is 0. The van der Waals surface area contributed by atoms with E-state index in [0.29, 0.717) is 11.3 Å². The summed E-state index contributed by atoms with van der Waals surface area (Å²) in [6.07, 6.45) is 7.08. The van der Waals surface area contributed by atoms with Crippen LogP contribution in [0.1, 0.15) is 15.9 Å². The third-order valence-electron chi connectivity index (χ3n) is 4.43. The molecule has 4 aromatic rings. The molecule has 0 radical (unpaired) electrons. The number of fused-ring (bicyclic) bond motifs is 1. The summed E-state index contributed by atoms with van der Waals surface area (Å²) in [5.74, 6) is -0.282. The Morgan fingerprint density at radius 3 is 2.55 bits per heavy atom. The zero-order valence-corrected chi connectivity index (χ0v) is 16.6. The van der Waals surface area contributed by atoms with E-state index in [1.54, 1.807) is 36.4 Å². The number of hydrogen-bond donors (Lipinski definition) is 1. The highest BCUT2D eigenvalue weighted by atomic mass is 32.2. The molecular formula is C23H18N4OS. The van der Waals surface area contributed by atoms with Crippen LogP contribution in [0.25, 0.3) is 22.2 Å². The van der Waals surface area contributed by atoms with E-state index in [0.717, 1.165) is 22.0 Å². The number of hydrogen-bond acceptors (Lipinski definition) is 5. The largest absolute Gasteiger partial charge is 0.272 e. The highest BCUT2D eigenvalue weighted by Crippen LogP contribution is 2.24. The number of pyridine rings is 2. The molecule has 0 atom stereocenters. The zero-order valence-electron chi connectivity index (χ0n) is 15.7. The van der Waals surface area contributed by atoms with Gasteiger partial charge in [0.15, 0.2) is 0 Å². The van der Waals surface area contributed by atoms with Crippen LogP contribution >= 0.6 is 11.8 Å². The number of amides is 1. The smallest absolute Gasteiger partial charge is 0.267 e. The Morgan fingerprint density at radius 1 is 1.03 bits per heavy atom. The first-order valence-corrected chi connectivity index (χ1v) is 10.2. The van der Waals surface area contributed by atoms with Crippen molar-refractivity contribution in [2.75, 3.05) is 6.26 Å². The molecule has 0 bridgehead atoms. The van der Waals surface area contributed by atoms with Gasteiger partial charge in [0, 0.05) is 28.2 Å². The highest BCUT2D eigenvalue weighted by molar-refractivity contribution is 7.98. The van der Waals surface area contributed by atoms with E-state index in [1.165, 1.54) is 4.90 Å². The Kier molecular flexibility index (Phi) is 5.63. The Hall–Kier alpha value is -3.51. The third kappa shape index (κ3) is 4.33. The number of thioether (sulfide) groups is 1. The first-order chi connectivity index (χ1) is 14.2. The molecule has 29 heavy (non-hydrogen) atoms. The van der Waals surface area contributed by atoms with E-state index in [9.17, 15) is 4.79 Å². The Morgan fingerprint density at radius 2 is 1.79 bits per heavy atom. The quantitative estimate of drug-likeness (QED) is 0.298. The number of rotatable bonds is 5. The highest BCUT2D eigenvalue weighted by Gasteiger charge is 2.13. The molecule has 0 saturated heterocycles. The van der Waals surface area contributed by atoms with Crippen molar-refractivity contribution in [1.82, 2.24) is 15.4 Å². The number of hydrazone groups is 1. The van der Waals surface area contributed by atoms with Gasteiger partial charge in [0.1, 0.15) is 0 Å². The summed E-state index contributed by atoms with van der Waals surface area (Å²) < 4.78 is 0. The molecule has 5 nitrogen and oxygen atoms in total. The van der Waals surface area contributed by atoms with Gasteiger partial charge in [0.05, 0.1) is 23.0 Å². The van der Waals surface area contributed by atoms with E-state index < -0.39 is 0 Å². The normalized spacial score (nSPS) is 11.1. The lowest BCUT2D eigenvalue weighted by Crippen LogP contribution is -2.18. The molecule has 4 rings (SSSR count). The first-order valence-electron chi connectivity index (χ1n) is 9.02. The lowest BCUT2D eigenvalue weighted by molar-refractivity contribution is 0.0956. The van der Waals surface area contributed by atoms with Crippen LogP contribution in [0.3, 0.4) is 0 Å². The molecule has 0 aliphatic heterocycles. The number of para-hydroxylation sites is 1. The summed E-state index contributed by atoms with van der Waals surface area (Å²) in [4.78, 5) is 22.8. The van der Waals surface area contributed by atoms with Gasteiger partial charge < -0.3 is 0 Å². The van der Waals surface area contributed by atoms with Crippen molar-refractivity contribution in [3.8, 4) is 11.3 Å². The van der Waals surface area contributed by atoms with Crippen molar-refractivity contribution in [3.63, 3.8) is 0 Å². The second-order valence-electron chi connectivity index (χ2n) is 6.28. The molecule has 0 spiro atoms. The van der Waals surface area contributed by atoms with Gasteiger partial charge in [-0.15, -0.1) is 11.8 Å². The number of nitrogens with one attached hydrogen (secondary N) is 1. The monoisotopic (exact) mass is 398 g/mol. The van der Waals surface area contributed by atoms with Crippen LogP contribution in [0, 0.1) is 0 Å². The van der Waals surface area contributed by atoms with Crippen LogP contribution in [0.15, 0.2) is 89.1 Å². The van der Waals surface area contributed by atoms with Gasteiger partial charge >= 0.3 is 0 Å². The summed E-state index contributed by atoms with van der Waals surface area (Å²) >= 11 is 1.68. The number of carbonyl (C=O) groups excluding carboxylic acids is 1. The summed E-state index contributed by atoms with van der Waals surface area (Å²) in [5.41, 5.74) is 6.44. The van der Waals surface area contributed by atoms with E-state index >= 15 is 0 Å². The maximum absolute atomic E-state index is 12.9. The van der Waals surface area contributed by atoms with Gasteiger partial charge in [-0.1, -0.05) is 30.3 Å². The van der Waals surface area contributed by atoms with E-state index in [4.69, 9.17) is 0 Å². The van der Waals surface area contributed by atoms with Crippen molar-refractivity contribution in [2.45, 2.75) is 4.90 Å². The summed E-state index contributed by atoms with van der Waals surface area (Å²) in [6, 6.07) is 21.1. The SMILES string of the molecule is CSc1ccc(/C=N/NC(=O)c2cc(-c3ccncc3)nc3ccccc23)cc1.